The van der Waals surface area contributed by atoms with Crippen LogP contribution in [0.1, 0.15) is 25.1 Å². The van der Waals surface area contributed by atoms with Crippen molar-refractivity contribution in [3.63, 3.8) is 0 Å². The Bertz CT molecular complexity index is 1210. The number of methoxy groups -OCH3 is 1. The first-order chi connectivity index (χ1) is 15.5. The normalized spacial score (nSPS) is 10.9. The van der Waals surface area contributed by atoms with Gasteiger partial charge in [0.2, 0.25) is 11.8 Å². The first-order valence-corrected chi connectivity index (χ1v) is 10.6. The summed E-state index contributed by atoms with van der Waals surface area (Å²) in [6.07, 6.45) is 3.66. The predicted molar refractivity (Wildman–Crippen MR) is 126 cm³/mol. The van der Waals surface area contributed by atoms with E-state index < -0.39 is 0 Å². The van der Waals surface area contributed by atoms with Gasteiger partial charge in [-0.1, -0.05) is 6.07 Å². The number of aryl methyl sites for hydroxylation is 2. The maximum atomic E-state index is 5.50. The lowest BCUT2D eigenvalue weighted by molar-refractivity contribution is 0.396. The van der Waals surface area contributed by atoms with Gasteiger partial charge in [-0.15, -0.1) is 5.10 Å². The molecule has 4 aromatic rings. The third-order valence-corrected chi connectivity index (χ3v) is 5.35. The number of aromatic amines is 1. The zero-order valence-corrected chi connectivity index (χ0v) is 19.0. The molecule has 0 amide bonds. The Morgan fingerprint density at radius 2 is 1.91 bits per heavy atom. The fraction of sp³-hybridized carbons (Fsp3) is 0.304. The highest BCUT2D eigenvalue weighted by atomic mass is 16.5. The van der Waals surface area contributed by atoms with E-state index in [0.29, 0.717) is 23.3 Å². The molecule has 3 heterocycles. The van der Waals surface area contributed by atoms with Crippen molar-refractivity contribution in [2.75, 3.05) is 30.4 Å². The Hall–Kier alpha value is -3.88. The van der Waals surface area contributed by atoms with Crippen LogP contribution in [0.5, 0.6) is 5.88 Å². The molecule has 0 aliphatic heterocycles. The monoisotopic (exact) mass is 432 g/mol. The van der Waals surface area contributed by atoms with Crippen molar-refractivity contribution in [3.8, 4) is 23.1 Å². The summed E-state index contributed by atoms with van der Waals surface area (Å²) in [6, 6.07) is 10.2. The van der Waals surface area contributed by atoms with E-state index in [-0.39, 0.29) is 0 Å². The molecule has 0 spiro atoms. The summed E-state index contributed by atoms with van der Waals surface area (Å²) in [7, 11) is 1.60. The standard InChI is InChI=1S/C23H28N8O/c1-6-30(7-2)17-9-8-15(3)19(12-17)26-23-27-21(28-29-23)18-10-11-20(22(25-18)32-5)31-13-16(4)24-14-31/h8-14H,6-7H2,1-5H3,(H2,26,27,28,29). The highest BCUT2D eigenvalue weighted by Crippen LogP contribution is 2.27. The summed E-state index contributed by atoms with van der Waals surface area (Å²) in [5.74, 6) is 1.51. The summed E-state index contributed by atoms with van der Waals surface area (Å²) in [6.45, 7) is 10.2. The molecule has 0 bridgehead atoms. The van der Waals surface area contributed by atoms with Crippen molar-refractivity contribution < 1.29 is 4.74 Å². The van der Waals surface area contributed by atoms with Crippen molar-refractivity contribution in [2.24, 2.45) is 0 Å². The Kier molecular flexibility index (Phi) is 6.07. The van der Waals surface area contributed by atoms with Crippen LogP contribution in [-0.2, 0) is 0 Å². The van der Waals surface area contributed by atoms with Gasteiger partial charge in [0.05, 0.1) is 19.1 Å². The largest absolute Gasteiger partial charge is 0.479 e. The van der Waals surface area contributed by atoms with E-state index in [1.54, 1.807) is 13.4 Å². The number of hydrogen-bond donors (Lipinski definition) is 2. The Balaban J connectivity index is 1.59. The van der Waals surface area contributed by atoms with E-state index in [9.17, 15) is 0 Å². The average Bonchev–Trinajstić information content (AvgIpc) is 3.45. The van der Waals surface area contributed by atoms with Gasteiger partial charge < -0.3 is 19.5 Å². The molecule has 9 heteroatoms. The molecule has 3 aromatic heterocycles. The van der Waals surface area contributed by atoms with Crippen LogP contribution in [0.2, 0.25) is 0 Å². The third kappa shape index (κ3) is 4.27. The minimum absolute atomic E-state index is 0.480. The number of imidazole rings is 1. The number of ether oxygens (including phenoxy) is 1. The molecule has 0 fully saturated rings. The van der Waals surface area contributed by atoms with Crippen molar-refractivity contribution >= 4 is 17.3 Å². The van der Waals surface area contributed by atoms with Crippen LogP contribution in [0.4, 0.5) is 17.3 Å². The van der Waals surface area contributed by atoms with Crippen molar-refractivity contribution in [1.29, 1.82) is 0 Å². The zero-order valence-electron chi connectivity index (χ0n) is 19.0. The molecule has 0 radical (unpaired) electrons. The van der Waals surface area contributed by atoms with Crippen LogP contribution in [-0.4, -0.2) is 49.9 Å². The van der Waals surface area contributed by atoms with Gasteiger partial charge in [0.15, 0.2) is 5.82 Å². The summed E-state index contributed by atoms with van der Waals surface area (Å²) in [5.41, 5.74) is 5.61. The van der Waals surface area contributed by atoms with Gasteiger partial charge in [0.25, 0.3) is 0 Å². The minimum Gasteiger partial charge on any atom is -0.479 e. The molecule has 9 nitrogen and oxygen atoms in total. The lowest BCUT2D eigenvalue weighted by atomic mass is 10.1. The van der Waals surface area contributed by atoms with Crippen molar-refractivity contribution in [3.05, 3.63) is 54.1 Å². The van der Waals surface area contributed by atoms with Gasteiger partial charge in [-0.05, 0) is 57.5 Å². The van der Waals surface area contributed by atoms with Crippen LogP contribution >= 0.6 is 0 Å². The van der Waals surface area contributed by atoms with Crippen LogP contribution in [0, 0.1) is 13.8 Å². The molecule has 32 heavy (non-hydrogen) atoms. The van der Waals surface area contributed by atoms with E-state index >= 15 is 0 Å². The second-order valence-corrected chi connectivity index (χ2v) is 7.45. The predicted octanol–water partition coefficient (Wildman–Crippen LogP) is 4.27. The van der Waals surface area contributed by atoms with Gasteiger partial charge in [-0.25, -0.2) is 9.97 Å². The molecule has 0 saturated carbocycles. The maximum absolute atomic E-state index is 5.50. The Morgan fingerprint density at radius 1 is 1.09 bits per heavy atom. The first kappa shape index (κ1) is 21.4. The quantitative estimate of drug-likeness (QED) is 0.429. The molecular weight excluding hydrogens is 404 g/mol. The molecule has 0 atom stereocenters. The maximum Gasteiger partial charge on any atom is 0.246 e. The van der Waals surface area contributed by atoms with E-state index in [0.717, 1.165) is 41.4 Å². The highest BCUT2D eigenvalue weighted by molar-refractivity contribution is 5.67. The second-order valence-electron chi connectivity index (χ2n) is 7.45. The number of anilines is 3. The van der Waals surface area contributed by atoms with Crippen LogP contribution in [0.15, 0.2) is 42.9 Å². The minimum atomic E-state index is 0.480. The molecule has 0 aliphatic carbocycles. The molecule has 1 aromatic carbocycles. The number of aromatic nitrogens is 6. The third-order valence-electron chi connectivity index (χ3n) is 5.35. The SMILES string of the molecule is CCN(CC)c1ccc(C)c(Nc2n[nH]c(-c3ccc(-n4cnc(C)c4)c(OC)n3)n2)c1. The molecule has 166 valence electrons. The van der Waals surface area contributed by atoms with E-state index in [1.165, 1.54) is 0 Å². The molecule has 0 unspecified atom stereocenters. The van der Waals surface area contributed by atoms with E-state index in [2.05, 4.69) is 74.3 Å². The summed E-state index contributed by atoms with van der Waals surface area (Å²) >= 11 is 0. The number of hydrogen-bond acceptors (Lipinski definition) is 7. The molecule has 0 aliphatic rings. The van der Waals surface area contributed by atoms with Crippen LogP contribution < -0.4 is 15.0 Å². The van der Waals surface area contributed by atoms with Gasteiger partial charge in [0.1, 0.15) is 11.4 Å². The summed E-state index contributed by atoms with van der Waals surface area (Å²) in [5, 5.41) is 10.6. The summed E-state index contributed by atoms with van der Waals surface area (Å²) in [4.78, 5) is 15.8. The second kappa shape index (κ2) is 9.09. The molecule has 2 N–H and O–H groups in total. The van der Waals surface area contributed by atoms with Gasteiger partial charge in [-0.3, -0.25) is 5.10 Å². The van der Waals surface area contributed by atoms with Gasteiger partial charge >= 0.3 is 0 Å². The lowest BCUT2D eigenvalue weighted by Gasteiger charge is -2.22. The zero-order chi connectivity index (χ0) is 22.7. The topological polar surface area (TPSA) is 96.8 Å². The van der Waals surface area contributed by atoms with Crippen LogP contribution in [0.3, 0.4) is 0 Å². The van der Waals surface area contributed by atoms with E-state index in [1.807, 2.05) is 29.8 Å². The number of pyridine rings is 1. The number of benzene rings is 1. The molecule has 0 saturated heterocycles. The van der Waals surface area contributed by atoms with E-state index in [4.69, 9.17) is 4.74 Å². The van der Waals surface area contributed by atoms with Crippen molar-refractivity contribution in [2.45, 2.75) is 27.7 Å². The average molecular weight is 433 g/mol. The fourth-order valence-electron chi connectivity index (χ4n) is 3.55. The number of H-pyrrole nitrogens is 1. The van der Waals surface area contributed by atoms with Crippen LogP contribution in [0.25, 0.3) is 17.2 Å². The van der Waals surface area contributed by atoms with Gasteiger partial charge in [-0.2, -0.15) is 4.98 Å². The van der Waals surface area contributed by atoms with Crippen molar-refractivity contribution in [1.82, 2.24) is 29.7 Å². The molecular formula is C23H28N8O. The number of nitrogens with one attached hydrogen (secondary N) is 2. The lowest BCUT2D eigenvalue weighted by Crippen LogP contribution is -2.21. The Morgan fingerprint density at radius 3 is 2.59 bits per heavy atom. The first-order valence-electron chi connectivity index (χ1n) is 10.6. The number of rotatable bonds is 8. The van der Waals surface area contributed by atoms with Gasteiger partial charge in [0, 0.05) is 30.7 Å². The Labute approximate surface area is 187 Å². The highest BCUT2D eigenvalue weighted by Gasteiger charge is 2.14. The molecule has 4 rings (SSSR count). The number of nitrogens with zero attached hydrogens (tertiary/aromatic N) is 6. The fourth-order valence-corrected chi connectivity index (χ4v) is 3.55. The smallest absolute Gasteiger partial charge is 0.246 e. The summed E-state index contributed by atoms with van der Waals surface area (Å²) < 4.78 is 7.38.